The van der Waals surface area contributed by atoms with Crippen LogP contribution in [0.4, 0.5) is 13.2 Å². The lowest BCUT2D eigenvalue weighted by molar-refractivity contribution is -0.141. The van der Waals surface area contributed by atoms with Gasteiger partial charge in [0.15, 0.2) is 11.5 Å². The molecule has 0 spiro atoms. The molecule has 0 saturated heterocycles. The van der Waals surface area contributed by atoms with Crippen LogP contribution in [0.2, 0.25) is 0 Å². The first-order valence-corrected chi connectivity index (χ1v) is 10.4. The van der Waals surface area contributed by atoms with Crippen molar-refractivity contribution >= 4 is 10.0 Å². The summed E-state index contributed by atoms with van der Waals surface area (Å²) in [6, 6.07) is 11.2. The van der Waals surface area contributed by atoms with Gasteiger partial charge in [-0.15, -0.1) is 6.42 Å². The number of benzene rings is 1. The number of hydrogen-bond donors (Lipinski definition) is 1. The maximum absolute atomic E-state index is 13.5. The van der Waals surface area contributed by atoms with E-state index >= 15 is 0 Å². The molecule has 0 bridgehead atoms. The van der Waals surface area contributed by atoms with E-state index in [0.29, 0.717) is 16.9 Å². The van der Waals surface area contributed by atoms with Crippen LogP contribution in [-0.4, -0.2) is 23.2 Å². The molecule has 7 nitrogen and oxygen atoms in total. The molecule has 2 N–H and O–H groups in total. The zero-order valence-electron chi connectivity index (χ0n) is 16.0. The Bertz CT molecular complexity index is 1450. The van der Waals surface area contributed by atoms with Crippen molar-refractivity contribution in [2.75, 3.05) is 0 Å². The Morgan fingerprint density at radius 3 is 2.53 bits per heavy atom. The molecule has 0 saturated carbocycles. The highest BCUT2D eigenvalue weighted by Gasteiger charge is 2.36. The first-order chi connectivity index (χ1) is 15.1. The molecule has 32 heavy (non-hydrogen) atoms. The fraction of sp³-hybridized carbons (Fsp3) is 0.0476. The largest absolute Gasteiger partial charge is 0.464 e. The van der Waals surface area contributed by atoms with Crippen molar-refractivity contribution in [1.82, 2.24) is 14.8 Å². The summed E-state index contributed by atoms with van der Waals surface area (Å²) in [6.45, 7) is 0. The Morgan fingerprint density at radius 1 is 1.12 bits per heavy atom. The topological polar surface area (TPSA) is 104 Å². The molecule has 1 aromatic carbocycles. The second kappa shape index (κ2) is 7.67. The molecule has 3 aromatic heterocycles. The van der Waals surface area contributed by atoms with E-state index in [4.69, 9.17) is 16.0 Å². The van der Waals surface area contributed by atoms with Crippen molar-refractivity contribution < 1.29 is 26.0 Å². The van der Waals surface area contributed by atoms with Crippen LogP contribution < -0.4 is 5.14 Å². The van der Waals surface area contributed by atoms with Gasteiger partial charge in [-0.2, -0.15) is 18.3 Å². The number of aromatic nitrogens is 3. The highest BCUT2D eigenvalue weighted by atomic mass is 32.2. The number of alkyl halides is 3. The molecule has 0 amide bonds. The summed E-state index contributed by atoms with van der Waals surface area (Å²) >= 11 is 0. The molecule has 162 valence electrons. The summed E-state index contributed by atoms with van der Waals surface area (Å²) in [6.07, 6.45) is 3.49. The zero-order valence-corrected chi connectivity index (χ0v) is 16.9. The average molecular weight is 458 g/mol. The van der Waals surface area contributed by atoms with E-state index in [2.05, 4.69) is 16.0 Å². The zero-order chi connectivity index (χ0) is 23.1. The Hall–Kier alpha value is -3.88. The van der Waals surface area contributed by atoms with E-state index in [9.17, 15) is 21.6 Å². The second-order valence-corrected chi connectivity index (χ2v) is 8.11. The number of nitrogens with two attached hydrogens (primary N) is 1. The highest BCUT2D eigenvalue weighted by Crippen LogP contribution is 2.35. The molecule has 3 heterocycles. The lowest BCUT2D eigenvalue weighted by Crippen LogP contribution is -2.17. The van der Waals surface area contributed by atoms with E-state index < -0.39 is 26.8 Å². The number of pyridine rings is 1. The molecule has 0 aliphatic rings. The summed E-state index contributed by atoms with van der Waals surface area (Å²) in [5.41, 5.74) is -0.153. The number of halogens is 3. The van der Waals surface area contributed by atoms with Gasteiger partial charge in [-0.1, -0.05) is 12.0 Å². The van der Waals surface area contributed by atoms with E-state index in [1.165, 1.54) is 30.7 Å². The van der Waals surface area contributed by atoms with Crippen molar-refractivity contribution in [3.8, 4) is 40.7 Å². The predicted molar refractivity (Wildman–Crippen MR) is 109 cm³/mol. The maximum atomic E-state index is 13.5. The van der Waals surface area contributed by atoms with Gasteiger partial charge in [0.1, 0.15) is 10.7 Å². The van der Waals surface area contributed by atoms with Gasteiger partial charge in [-0.3, -0.25) is 0 Å². The van der Waals surface area contributed by atoms with E-state index in [-0.39, 0.29) is 17.1 Å². The van der Waals surface area contributed by atoms with Crippen molar-refractivity contribution in [2.24, 2.45) is 5.14 Å². The van der Waals surface area contributed by atoms with Crippen molar-refractivity contribution in [1.29, 1.82) is 0 Å². The van der Waals surface area contributed by atoms with Gasteiger partial charge < -0.3 is 4.42 Å². The second-order valence-electron chi connectivity index (χ2n) is 6.58. The molecule has 0 aliphatic carbocycles. The number of hydrogen-bond acceptors (Lipinski definition) is 5. The van der Waals surface area contributed by atoms with E-state index in [1.54, 1.807) is 18.2 Å². The molecule has 0 fully saturated rings. The Balaban J connectivity index is 1.97. The fourth-order valence-electron chi connectivity index (χ4n) is 3.12. The summed E-state index contributed by atoms with van der Waals surface area (Å²) in [7, 11) is -4.31. The number of furan rings is 1. The van der Waals surface area contributed by atoms with Crippen LogP contribution in [-0.2, 0) is 16.2 Å². The smallest absolute Gasteiger partial charge is 0.435 e. The Morgan fingerprint density at radius 2 is 1.91 bits per heavy atom. The van der Waals surface area contributed by atoms with Gasteiger partial charge in [0.2, 0.25) is 10.0 Å². The predicted octanol–water partition coefficient (Wildman–Crippen LogP) is 3.84. The van der Waals surface area contributed by atoms with Crippen LogP contribution in [0.1, 0.15) is 11.3 Å². The van der Waals surface area contributed by atoms with Crippen molar-refractivity contribution in [3.63, 3.8) is 0 Å². The van der Waals surface area contributed by atoms with Gasteiger partial charge in [-0.05, 0) is 42.5 Å². The van der Waals surface area contributed by atoms with Crippen LogP contribution in [0, 0.1) is 12.3 Å². The third-order valence-corrected chi connectivity index (χ3v) is 5.45. The highest BCUT2D eigenvalue weighted by molar-refractivity contribution is 7.89. The van der Waals surface area contributed by atoms with Crippen LogP contribution in [0.5, 0.6) is 0 Å². The van der Waals surface area contributed by atoms with Gasteiger partial charge in [0, 0.05) is 22.9 Å². The number of sulfonamides is 1. The van der Waals surface area contributed by atoms with E-state index in [1.807, 2.05) is 0 Å². The fourth-order valence-corrected chi connectivity index (χ4v) is 3.78. The normalized spacial score (nSPS) is 12.0. The summed E-state index contributed by atoms with van der Waals surface area (Å²) in [4.78, 5) is 3.43. The van der Waals surface area contributed by atoms with Crippen molar-refractivity contribution in [3.05, 3.63) is 72.2 Å². The quantitative estimate of drug-likeness (QED) is 0.468. The Kier molecular flexibility index (Phi) is 5.12. The number of terminal acetylenes is 1. The number of rotatable bonds is 4. The van der Waals surface area contributed by atoms with Crippen molar-refractivity contribution in [2.45, 2.75) is 11.1 Å². The number of nitrogens with zero attached hydrogens (tertiary/aromatic N) is 3. The first-order valence-electron chi connectivity index (χ1n) is 8.90. The molecule has 4 rings (SSSR count). The molecular weight excluding hydrogens is 445 g/mol. The lowest BCUT2D eigenvalue weighted by atomic mass is 10.0. The minimum atomic E-state index is -4.79. The SMILES string of the molecule is C#Cc1cc(-c2cc(C(F)(F)F)nn2-c2ncccc2S(N)(=O)=O)ccc1-c1ccco1. The van der Waals surface area contributed by atoms with Crippen LogP contribution in [0.15, 0.2) is 70.3 Å². The molecule has 11 heteroatoms. The molecule has 0 radical (unpaired) electrons. The number of primary sulfonamides is 1. The first kappa shape index (κ1) is 21.4. The summed E-state index contributed by atoms with van der Waals surface area (Å²) < 4.78 is 70.5. The average Bonchev–Trinajstić information content (AvgIpc) is 3.42. The van der Waals surface area contributed by atoms with Crippen LogP contribution in [0.3, 0.4) is 0 Å². The molecule has 0 atom stereocenters. The van der Waals surface area contributed by atoms with Gasteiger partial charge in [0.25, 0.3) is 0 Å². The minimum absolute atomic E-state index is 0.0802. The molecule has 4 aromatic rings. The molecule has 0 unspecified atom stereocenters. The molecular formula is C21H13F3N4O3S. The molecule has 0 aliphatic heterocycles. The minimum Gasteiger partial charge on any atom is -0.464 e. The summed E-state index contributed by atoms with van der Waals surface area (Å²) in [5.74, 6) is 2.59. The third kappa shape index (κ3) is 3.89. The Labute approximate surface area is 180 Å². The standard InChI is InChI=1S/C21H13F3N4O3S/c1-2-13-11-14(7-8-15(13)17-5-4-10-31-17)16-12-19(21(22,23)24)27-28(16)20-18(32(25,29)30)6-3-9-26-20/h1,3-12H,(H2,25,29,30). The van der Waals surface area contributed by atoms with Gasteiger partial charge in [0.05, 0.1) is 12.0 Å². The van der Waals surface area contributed by atoms with Gasteiger partial charge in [-0.25, -0.2) is 23.2 Å². The lowest BCUT2D eigenvalue weighted by Gasteiger charge is -2.11. The van der Waals surface area contributed by atoms with Crippen LogP contribution in [0.25, 0.3) is 28.4 Å². The van der Waals surface area contributed by atoms with Crippen LogP contribution >= 0.6 is 0 Å². The third-order valence-electron chi connectivity index (χ3n) is 4.52. The monoisotopic (exact) mass is 458 g/mol. The van der Waals surface area contributed by atoms with Gasteiger partial charge >= 0.3 is 6.18 Å². The van der Waals surface area contributed by atoms with E-state index in [0.717, 1.165) is 16.8 Å². The summed E-state index contributed by atoms with van der Waals surface area (Å²) in [5, 5.41) is 8.80. The maximum Gasteiger partial charge on any atom is 0.435 e.